The van der Waals surface area contributed by atoms with Crippen LogP contribution < -0.4 is 5.32 Å². The maximum absolute atomic E-state index is 12.4. The highest BCUT2D eigenvalue weighted by Gasteiger charge is 2.11. The number of anilines is 1. The zero-order chi connectivity index (χ0) is 17.8. The van der Waals surface area contributed by atoms with Crippen molar-refractivity contribution in [3.8, 4) is 0 Å². The number of aromatic nitrogens is 3. The van der Waals surface area contributed by atoms with Crippen LogP contribution in [0.1, 0.15) is 5.76 Å². The predicted octanol–water partition coefficient (Wildman–Crippen LogP) is 3.80. The average molecular weight is 364 g/mol. The van der Waals surface area contributed by atoms with E-state index in [9.17, 15) is 4.79 Å². The number of hydrogen-bond donors (Lipinski definition) is 1. The Kier molecular flexibility index (Phi) is 4.70. The molecule has 0 bridgehead atoms. The summed E-state index contributed by atoms with van der Waals surface area (Å²) in [6.45, 7) is 0.535. The van der Waals surface area contributed by atoms with Crippen molar-refractivity contribution >= 4 is 34.1 Å². The molecule has 2 heterocycles. The van der Waals surface area contributed by atoms with Crippen LogP contribution in [0.4, 0.5) is 5.69 Å². The van der Waals surface area contributed by atoms with E-state index in [1.807, 2.05) is 59.2 Å². The fourth-order valence-electron chi connectivity index (χ4n) is 2.69. The molecule has 4 aromatic rings. The van der Waals surface area contributed by atoms with Gasteiger partial charge in [-0.15, -0.1) is 10.2 Å². The number of hydrogen-bond acceptors (Lipinski definition) is 5. The third-order valence-electron chi connectivity index (χ3n) is 3.88. The minimum Gasteiger partial charge on any atom is -0.467 e. The van der Waals surface area contributed by atoms with Gasteiger partial charge in [0.15, 0.2) is 5.16 Å². The van der Waals surface area contributed by atoms with Gasteiger partial charge in [-0.25, -0.2) is 0 Å². The van der Waals surface area contributed by atoms with Crippen LogP contribution in [0.2, 0.25) is 0 Å². The van der Waals surface area contributed by atoms with E-state index in [2.05, 4.69) is 15.5 Å². The van der Waals surface area contributed by atoms with E-state index in [1.54, 1.807) is 12.6 Å². The number of carbonyl (C=O) groups is 1. The molecular formula is C19H16N4O2S. The molecule has 0 aliphatic heterocycles. The highest BCUT2D eigenvalue weighted by Crippen LogP contribution is 2.23. The van der Waals surface area contributed by atoms with Crippen LogP contribution in [-0.4, -0.2) is 26.4 Å². The van der Waals surface area contributed by atoms with Gasteiger partial charge in [-0.1, -0.05) is 48.2 Å². The quantitative estimate of drug-likeness (QED) is 0.527. The fraction of sp³-hybridized carbons (Fsp3) is 0.105. The standard InChI is InChI=1S/C19H16N4O2S/c24-18(21-17-9-3-6-14-5-1-2-8-16(14)17)12-26-19-22-20-13-23(19)11-15-7-4-10-25-15/h1-10,13H,11-12H2,(H,21,24). The number of thioether (sulfide) groups is 1. The highest BCUT2D eigenvalue weighted by molar-refractivity contribution is 7.99. The van der Waals surface area contributed by atoms with Gasteiger partial charge in [0, 0.05) is 11.1 Å². The van der Waals surface area contributed by atoms with Crippen LogP contribution >= 0.6 is 11.8 Å². The molecular weight excluding hydrogens is 348 g/mol. The molecule has 0 aliphatic rings. The first kappa shape index (κ1) is 16.4. The molecule has 7 heteroatoms. The molecule has 4 rings (SSSR count). The van der Waals surface area contributed by atoms with E-state index in [1.165, 1.54) is 11.8 Å². The van der Waals surface area contributed by atoms with E-state index in [4.69, 9.17) is 4.42 Å². The molecule has 0 aliphatic carbocycles. The summed E-state index contributed by atoms with van der Waals surface area (Å²) in [5.41, 5.74) is 0.811. The molecule has 0 spiro atoms. The van der Waals surface area contributed by atoms with Crippen molar-refractivity contribution in [2.45, 2.75) is 11.7 Å². The van der Waals surface area contributed by atoms with Crippen LogP contribution in [0.25, 0.3) is 10.8 Å². The molecule has 2 aromatic carbocycles. The summed E-state index contributed by atoms with van der Waals surface area (Å²) in [5.74, 6) is 0.978. The highest BCUT2D eigenvalue weighted by atomic mass is 32.2. The minimum atomic E-state index is -0.0844. The van der Waals surface area contributed by atoms with Crippen molar-refractivity contribution in [1.82, 2.24) is 14.8 Å². The maximum atomic E-state index is 12.4. The van der Waals surface area contributed by atoms with E-state index >= 15 is 0 Å². The number of amides is 1. The lowest BCUT2D eigenvalue weighted by molar-refractivity contribution is -0.113. The Labute approximate surface area is 154 Å². The smallest absolute Gasteiger partial charge is 0.234 e. The topological polar surface area (TPSA) is 73.0 Å². The van der Waals surface area contributed by atoms with Gasteiger partial charge in [-0.3, -0.25) is 4.79 Å². The Hall–Kier alpha value is -3.06. The van der Waals surface area contributed by atoms with Crippen molar-refractivity contribution in [2.75, 3.05) is 11.1 Å². The van der Waals surface area contributed by atoms with Crippen molar-refractivity contribution < 1.29 is 9.21 Å². The molecule has 1 amide bonds. The van der Waals surface area contributed by atoms with Crippen molar-refractivity contribution in [1.29, 1.82) is 0 Å². The average Bonchev–Trinajstić information content (AvgIpc) is 3.33. The Morgan fingerprint density at radius 3 is 2.88 bits per heavy atom. The van der Waals surface area contributed by atoms with Gasteiger partial charge in [-0.2, -0.15) is 0 Å². The van der Waals surface area contributed by atoms with Gasteiger partial charge in [-0.05, 0) is 23.6 Å². The van der Waals surface area contributed by atoms with E-state index in [-0.39, 0.29) is 11.7 Å². The molecule has 0 saturated carbocycles. The molecule has 0 atom stereocenters. The van der Waals surface area contributed by atoms with Crippen LogP contribution in [0.3, 0.4) is 0 Å². The molecule has 1 N–H and O–H groups in total. The largest absolute Gasteiger partial charge is 0.467 e. The molecule has 6 nitrogen and oxygen atoms in total. The number of benzene rings is 2. The zero-order valence-corrected chi connectivity index (χ0v) is 14.6. The van der Waals surface area contributed by atoms with Crippen molar-refractivity contribution in [3.63, 3.8) is 0 Å². The molecule has 0 radical (unpaired) electrons. The molecule has 0 unspecified atom stereocenters. The number of nitrogens with zero attached hydrogens (tertiary/aromatic N) is 3. The molecule has 0 fully saturated rings. The lowest BCUT2D eigenvalue weighted by Gasteiger charge is -2.09. The van der Waals surface area contributed by atoms with Gasteiger partial charge in [0.05, 0.1) is 18.6 Å². The summed E-state index contributed by atoms with van der Waals surface area (Å²) in [5, 5.41) is 13.8. The first-order valence-corrected chi connectivity index (χ1v) is 9.09. The third kappa shape index (κ3) is 3.62. The Bertz CT molecular complexity index is 1020. The summed E-state index contributed by atoms with van der Waals surface area (Å²) in [6, 6.07) is 17.6. The molecule has 2 aromatic heterocycles. The summed E-state index contributed by atoms with van der Waals surface area (Å²) < 4.78 is 7.20. The van der Waals surface area contributed by atoms with Crippen LogP contribution in [0, 0.1) is 0 Å². The van der Waals surface area contributed by atoms with E-state index in [0.29, 0.717) is 11.7 Å². The van der Waals surface area contributed by atoms with Gasteiger partial charge < -0.3 is 14.3 Å². The molecule has 0 saturated heterocycles. The second kappa shape index (κ2) is 7.45. The normalized spacial score (nSPS) is 10.9. The first-order chi connectivity index (χ1) is 12.8. The monoisotopic (exact) mass is 364 g/mol. The number of carbonyl (C=O) groups excluding carboxylic acids is 1. The SMILES string of the molecule is O=C(CSc1nncn1Cc1ccco1)Nc1cccc2ccccc12. The number of rotatable bonds is 6. The summed E-state index contributed by atoms with van der Waals surface area (Å²) in [7, 11) is 0. The Morgan fingerprint density at radius 2 is 2.00 bits per heavy atom. The predicted molar refractivity (Wildman–Crippen MR) is 101 cm³/mol. The maximum Gasteiger partial charge on any atom is 0.234 e. The van der Waals surface area contributed by atoms with Crippen LogP contribution in [0.15, 0.2) is 76.8 Å². The summed E-state index contributed by atoms with van der Waals surface area (Å²) in [4.78, 5) is 12.4. The van der Waals surface area contributed by atoms with E-state index < -0.39 is 0 Å². The second-order valence-corrected chi connectivity index (χ2v) is 6.63. The third-order valence-corrected chi connectivity index (χ3v) is 4.86. The minimum absolute atomic E-state index is 0.0844. The first-order valence-electron chi connectivity index (χ1n) is 8.10. The van der Waals surface area contributed by atoms with Crippen LogP contribution in [0.5, 0.6) is 0 Å². The fourth-order valence-corrected chi connectivity index (χ4v) is 3.40. The van der Waals surface area contributed by atoms with Gasteiger partial charge in [0.1, 0.15) is 12.1 Å². The molecule has 130 valence electrons. The lowest BCUT2D eigenvalue weighted by atomic mass is 10.1. The van der Waals surface area contributed by atoms with Gasteiger partial charge >= 0.3 is 0 Å². The molecule has 26 heavy (non-hydrogen) atoms. The van der Waals surface area contributed by atoms with E-state index in [0.717, 1.165) is 22.2 Å². The zero-order valence-electron chi connectivity index (χ0n) is 13.8. The lowest BCUT2D eigenvalue weighted by Crippen LogP contribution is -2.15. The number of furan rings is 1. The summed E-state index contributed by atoms with van der Waals surface area (Å²) >= 11 is 1.34. The second-order valence-electron chi connectivity index (χ2n) is 5.68. The number of fused-ring (bicyclic) bond motifs is 1. The number of nitrogens with one attached hydrogen (secondary N) is 1. The van der Waals surface area contributed by atoms with Gasteiger partial charge in [0.2, 0.25) is 5.91 Å². The van der Waals surface area contributed by atoms with Crippen molar-refractivity contribution in [3.05, 3.63) is 72.9 Å². The van der Waals surface area contributed by atoms with Crippen molar-refractivity contribution in [2.24, 2.45) is 0 Å². The van der Waals surface area contributed by atoms with Gasteiger partial charge in [0.25, 0.3) is 0 Å². The summed E-state index contributed by atoms with van der Waals surface area (Å²) in [6.07, 6.45) is 3.26. The Balaban J connectivity index is 1.41. The Morgan fingerprint density at radius 1 is 1.12 bits per heavy atom. The van der Waals surface area contributed by atoms with Crippen LogP contribution in [-0.2, 0) is 11.3 Å².